The summed E-state index contributed by atoms with van der Waals surface area (Å²) in [5.74, 6) is -3.91. The van der Waals surface area contributed by atoms with Crippen LogP contribution >= 0.6 is 11.3 Å². The van der Waals surface area contributed by atoms with Crippen molar-refractivity contribution >= 4 is 34.2 Å². The second-order valence-corrected chi connectivity index (χ2v) is 6.45. The SMILES string of the molecule is CCOC(=O)c1c(NC(=O)C(F)(F)F)sc(C(=O)OCC(C)C)c1C. The molecular formula is C15H18F3NO5S. The number of thiophene rings is 1. The molecule has 25 heavy (non-hydrogen) atoms. The molecule has 0 aliphatic heterocycles. The number of esters is 2. The van der Waals surface area contributed by atoms with Gasteiger partial charge in [0.15, 0.2) is 0 Å². The van der Waals surface area contributed by atoms with Gasteiger partial charge in [-0.05, 0) is 25.3 Å². The van der Waals surface area contributed by atoms with Gasteiger partial charge in [-0.2, -0.15) is 13.2 Å². The highest BCUT2D eigenvalue weighted by atomic mass is 32.1. The third-order valence-electron chi connectivity index (χ3n) is 2.84. The zero-order chi connectivity index (χ0) is 19.4. The van der Waals surface area contributed by atoms with Gasteiger partial charge in [0.2, 0.25) is 0 Å². The summed E-state index contributed by atoms with van der Waals surface area (Å²) in [6.07, 6.45) is -5.14. The normalized spacial score (nSPS) is 11.4. The number of rotatable bonds is 6. The van der Waals surface area contributed by atoms with E-state index < -0.39 is 29.0 Å². The van der Waals surface area contributed by atoms with Gasteiger partial charge in [-0.15, -0.1) is 11.3 Å². The molecule has 1 N–H and O–H groups in total. The number of nitrogens with one attached hydrogen (secondary N) is 1. The Labute approximate surface area is 146 Å². The lowest BCUT2D eigenvalue weighted by atomic mass is 10.1. The molecule has 0 fully saturated rings. The molecule has 0 aliphatic rings. The van der Waals surface area contributed by atoms with Gasteiger partial charge in [0.05, 0.1) is 18.8 Å². The van der Waals surface area contributed by atoms with Crippen LogP contribution < -0.4 is 5.32 Å². The van der Waals surface area contributed by atoms with Crippen molar-refractivity contribution in [2.45, 2.75) is 33.9 Å². The first kappa shape index (κ1) is 20.9. The molecule has 0 saturated carbocycles. The Morgan fingerprint density at radius 3 is 2.24 bits per heavy atom. The molecule has 1 aromatic heterocycles. The van der Waals surface area contributed by atoms with Gasteiger partial charge in [-0.1, -0.05) is 13.8 Å². The molecule has 6 nitrogen and oxygen atoms in total. The van der Waals surface area contributed by atoms with Gasteiger partial charge < -0.3 is 14.8 Å². The fourth-order valence-electron chi connectivity index (χ4n) is 1.73. The van der Waals surface area contributed by atoms with E-state index in [2.05, 4.69) is 0 Å². The molecule has 0 aromatic carbocycles. The first-order chi connectivity index (χ1) is 11.5. The van der Waals surface area contributed by atoms with Crippen LogP contribution in [0.15, 0.2) is 0 Å². The van der Waals surface area contributed by atoms with Gasteiger partial charge in [0.25, 0.3) is 0 Å². The summed E-state index contributed by atoms with van der Waals surface area (Å²) in [5.41, 5.74) is -0.198. The van der Waals surface area contributed by atoms with Crippen LogP contribution in [0.3, 0.4) is 0 Å². The number of hydrogen-bond acceptors (Lipinski definition) is 6. The first-order valence-corrected chi connectivity index (χ1v) is 8.16. The molecular weight excluding hydrogens is 363 g/mol. The monoisotopic (exact) mass is 381 g/mol. The van der Waals surface area contributed by atoms with E-state index in [1.54, 1.807) is 5.32 Å². The van der Waals surface area contributed by atoms with E-state index in [4.69, 9.17) is 9.47 Å². The van der Waals surface area contributed by atoms with Crippen LogP contribution in [0.2, 0.25) is 0 Å². The van der Waals surface area contributed by atoms with E-state index >= 15 is 0 Å². The number of hydrogen-bond donors (Lipinski definition) is 1. The number of anilines is 1. The van der Waals surface area contributed by atoms with E-state index in [-0.39, 0.29) is 35.1 Å². The molecule has 0 spiro atoms. The lowest BCUT2D eigenvalue weighted by Crippen LogP contribution is -2.30. The van der Waals surface area contributed by atoms with Crippen LogP contribution in [-0.2, 0) is 14.3 Å². The maximum Gasteiger partial charge on any atom is 0.471 e. The topological polar surface area (TPSA) is 81.7 Å². The quantitative estimate of drug-likeness (QED) is 0.762. The van der Waals surface area contributed by atoms with Crippen LogP contribution in [0.4, 0.5) is 18.2 Å². The number of ether oxygens (including phenoxy) is 2. The number of carbonyl (C=O) groups excluding carboxylic acids is 3. The first-order valence-electron chi connectivity index (χ1n) is 7.34. The number of alkyl halides is 3. The van der Waals surface area contributed by atoms with Crippen molar-refractivity contribution in [2.24, 2.45) is 5.92 Å². The minimum atomic E-state index is -5.14. The number of carbonyl (C=O) groups is 3. The van der Waals surface area contributed by atoms with Crippen molar-refractivity contribution in [1.82, 2.24) is 0 Å². The summed E-state index contributed by atoms with van der Waals surface area (Å²) in [6, 6.07) is 0. The van der Waals surface area contributed by atoms with Gasteiger partial charge in [-0.3, -0.25) is 4.79 Å². The smallest absolute Gasteiger partial charge is 0.462 e. The Morgan fingerprint density at radius 1 is 1.16 bits per heavy atom. The average molecular weight is 381 g/mol. The lowest BCUT2D eigenvalue weighted by molar-refractivity contribution is -0.167. The zero-order valence-corrected chi connectivity index (χ0v) is 14.9. The van der Waals surface area contributed by atoms with Gasteiger partial charge in [0, 0.05) is 0 Å². The molecule has 0 radical (unpaired) electrons. The van der Waals surface area contributed by atoms with Crippen molar-refractivity contribution in [1.29, 1.82) is 0 Å². The average Bonchev–Trinajstić information content (AvgIpc) is 2.80. The maximum absolute atomic E-state index is 12.5. The highest BCUT2D eigenvalue weighted by Gasteiger charge is 2.40. The molecule has 0 atom stereocenters. The predicted octanol–water partition coefficient (Wildman–Crippen LogP) is 3.55. The van der Waals surface area contributed by atoms with Crippen LogP contribution in [0, 0.1) is 12.8 Å². The summed E-state index contributed by atoms with van der Waals surface area (Å²) in [5, 5.41) is 1.21. The van der Waals surface area contributed by atoms with E-state index in [1.807, 2.05) is 13.8 Å². The van der Waals surface area contributed by atoms with E-state index in [9.17, 15) is 27.6 Å². The molecule has 1 heterocycles. The Hall–Kier alpha value is -2.10. The maximum atomic E-state index is 12.5. The van der Waals surface area contributed by atoms with Crippen molar-refractivity contribution in [3.63, 3.8) is 0 Å². The molecule has 140 valence electrons. The van der Waals surface area contributed by atoms with Crippen LogP contribution in [0.25, 0.3) is 0 Å². The Morgan fingerprint density at radius 2 is 1.76 bits per heavy atom. The van der Waals surface area contributed by atoms with Gasteiger partial charge in [-0.25, -0.2) is 9.59 Å². The zero-order valence-electron chi connectivity index (χ0n) is 14.1. The standard InChI is InChI=1S/C15H18F3NO5S/c1-5-23-12(20)9-8(4)10(13(21)24-6-7(2)3)25-11(9)19-14(22)15(16,17)18/h7H,5-6H2,1-4H3,(H,19,22). The largest absolute Gasteiger partial charge is 0.471 e. The fraction of sp³-hybridized carbons (Fsp3) is 0.533. The van der Waals surface area contributed by atoms with Crippen LogP contribution in [0.5, 0.6) is 0 Å². The van der Waals surface area contributed by atoms with E-state index in [0.29, 0.717) is 11.3 Å². The Bertz CT molecular complexity index is 667. The molecule has 1 rings (SSSR count). The molecule has 1 aromatic rings. The molecule has 1 amide bonds. The molecule has 0 aliphatic carbocycles. The Kier molecular flexibility index (Phi) is 6.97. The van der Waals surface area contributed by atoms with Gasteiger partial charge in [0.1, 0.15) is 9.88 Å². The lowest BCUT2D eigenvalue weighted by Gasteiger charge is -2.08. The third-order valence-corrected chi connectivity index (χ3v) is 4.03. The third kappa shape index (κ3) is 5.45. The van der Waals surface area contributed by atoms with Crippen molar-refractivity contribution in [2.75, 3.05) is 18.5 Å². The van der Waals surface area contributed by atoms with Crippen molar-refractivity contribution in [3.8, 4) is 0 Å². The van der Waals surface area contributed by atoms with Crippen molar-refractivity contribution < 1.29 is 37.0 Å². The van der Waals surface area contributed by atoms with E-state index in [1.165, 1.54) is 13.8 Å². The highest BCUT2D eigenvalue weighted by molar-refractivity contribution is 7.18. The van der Waals surface area contributed by atoms with E-state index in [0.717, 1.165) is 0 Å². The second kappa shape index (κ2) is 8.32. The van der Waals surface area contributed by atoms with Crippen LogP contribution in [-0.4, -0.2) is 37.2 Å². The number of amides is 1. The summed E-state index contributed by atoms with van der Waals surface area (Å²) >= 11 is 0.537. The second-order valence-electron chi connectivity index (χ2n) is 5.42. The Balaban J connectivity index is 3.25. The van der Waals surface area contributed by atoms with Gasteiger partial charge >= 0.3 is 24.0 Å². The molecule has 0 unspecified atom stereocenters. The minimum absolute atomic E-state index is 0.0199. The summed E-state index contributed by atoms with van der Waals surface area (Å²) in [6.45, 7) is 6.60. The predicted molar refractivity (Wildman–Crippen MR) is 84.8 cm³/mol. The molecule has 10 heteroatoms. The fourth-order valence-corrected chi connectivity index (χ4v) is 2.81. The van der Waals surface area contributed by atoms with Crippen LogP contribution in [0.1, 0.15) is 46.4 Å². The number of halogens is 3. The summed E-state index contributed by atoms with van der Waals surface area (Å²) < 4.78 is 47.3. The summed E-state index contributed by atoms with van der Waals surface area (Å²) in [7, 11) is 0. The summed E-state index contributed by atoms with van der Waals surface area (Å²) in [4.78, 5) is 35.2. The molecule has 0 bridgehead atoms. The highest BCUT2D eigenvalue weighted by Crippen LogP contribution is 2.35. The molecule has 0 saturated heterocycles. The minimum Gasteiger partial charge on any atom is -0.462 e. The van der Waals surface area contributed by atoms with Crippen molar-refractivity contribution in [3.05, 3.63) is 16.0 Å².